The fourth-order valence-electron chi connectivity index (χ4n) is 2.58. The molecule has 2 N–H and O–H groups in total. The minimum Gasteiger partial charge on any atom is -0.343 e. The number of nitrogens with zero attached hydrogens (tertiary/aromatic N) is 1. The van der Waals surface area contributed by atoms with Gasteiger partial charge < -0.3 is 10.3 Å². The van der Waals surface area contributed by atoms with Gasteiger partial charge in [0.25, 0.3) is 0 Å². The number of aromatic nitrogens is 1. The molecule has 0 fully saturated rings. The number of fused-ring (bicyclic) bond motifs is 1. The van der Waals surface area contributed by atoms with Crippen molar-refractivity contribution in [1.29, 1.82) is 0 Å². The summed E-state index contributed by atoms with van der Waals surface area (Å²) >= 11 is 0. The fraction of sp³-hybridized carbons (Fsp3) is 0.429. The predicted molar refractivity (Wildman–Crippen MR) is 69.9 cm³/mol. The summed E-state index contributed by atoms with van der Waals surface area (Å²) in [5, 5.41) is 1.41. The predicted octanol–water partition coefficient (Wildman–Crippen LogP) is 2.83. The van der Waals surface area contributed by atoms with Crippen molar-refractivity contribution in [2.45, 2.75) is 34.2 Å². The fourth-order valence-corrected chi connectivity index (χ4v) is 2.58. The van der Waals surface area contributed by atoms with Crippen LogP contribution in [-0.4, -0.2) is 11.1 Å². The molecule has 16 heavy (non-hydrogen) atoms. The van der Waals surface area contributed by atoms with Crippen LogP contribution in [0.3, 0.4) is 0 Å². The Labute approximate surface area is 97.1 Å². The molecule has 0 aliphatic carbocycles. The molecule has 0 atom stereocenters. The second kappa shape index (κ2) is 3.95. The summed E-state index contributed by atoms with van der Waals surface area (Å²) in [4.78, 5) is 0. The van der Waals surface area contributed by atoms with Gasteiger partial charge in [0.15, 0.2) is 0 Å². The van der Waals surface area contributed by atoms with Gasteiger partial charge in [0, 0.05) is 24.2 Å². The topological polar surface area (TPSA) is 30.9 Å². The standard InChI is InChI=1S/C14H20N2/c1-9-5-6-10(2)14-13(9)11(3)12(4)16(14)8-7-15/h5-6H,7-8,15H2,1-4H3. The number of aryl methyl sites for hydroxylation is 3. The molecule has 0 bridgehead atoms. The van der Waals surface area contributed by atoms with Gasteiger partial charge in [0.05, 0.1) is 5.52 Å². The zero-order chi connectivity index (χ0) is 11.9. The van der Waals surface area contributed by atoms with Crippen LogP contribution in [0, 0.1) is 27.7 Å². The molecule has 0 radical (unpaired) electrons. The van der Waals surface area contributed by atoms with Crippen molar-refractivity contribution < 1.29 is 0 Å². The number of benzene rings is 1. The Hall–Kier alpha value is -1.28. The Balaban J connectivity index is 2.90. The Morgan fingerprint density at radius 1 is 1.06 bits per heavy atom. The van der Waals surface area contributed by atoms with Crippen molar-refractivity contribution in [3.05, 3.63) is 34.5 Å². The molecule has 1 aromatic heterocycles. The third kappa shape index (κ3) is 1.45. The summed E-state index contributed by atoms with van der Waals surface area (Å²) in [7, 11) is 0. The molecule has 0 saturated heterocycles. The maximum atomic E-state index is 5.70. The van der Waals surface area contributed by atoms with E-state index in [1.165, 1.54) is 33.3 Å². The van der Waals surface area contributed by atoms with Crippen LogP contribution in [0.25, 0.3) is 10.9 Å². The highest BCUT2D eigenvalue weighted by Gasteiger charge is 2.13. The van der Waals surface area contributed by atoms with Gasteiger partial charge in [-0.3, -0.25) is 0 Å². The zero-order valence-corrected chi connectivity index (χ0v) is 10.6. The summed E-state index contributed by atoms with van der Waals surface area (Å²) in [6, 6.07) is 4.40. The van der Waals surface area contributed by atoms with Crippen LogP contribution in [0.15, 0.2) is 12.1 Å². The van der Waals surface area contributed by atoms with Gasteiger partial charge in [-0.25, -0.2) is 0 Å². The van der Waals surface area contributed by atoms with Gasteiger partial charge in [0.2, 0.25) is 0 Å². The molecule has 0 aliphatic heterocycles. The maximum Gasteiger partial charge on any atom is 0.0518 e. The van der Waals surface area contributed by atoms with E-state index < -0.39 is 0 Å². The molecule has 1 heterocycles. The first kappa shape index (κ1) is 11.2. The number of hydrogen-bond acceptors (Lipinski definition) is 1. The summed E-state index contributed by atoms with van der Waals surface area (Å²) in [6.45, 7) is 10.3. The lowest BCUT2D eigenvalue weighted by atomic mass is 10.0. The van der Waals surface area contributed by atoms with E-state index in [0.29, 0.717) is 6.54 Å². The molecule has 0 spiro atoms. The summed E-state index contributed by atoms with van der Waals surface area (Å²) in [5.74, 6) is 0. The first-order valence-corrected chi connectivity index (χ1v) is 5.83. The lowest BCUT2D eigenvalue weighted by molar-refractivity contribution is 0.711. The van der Waals surface area contributed by atoms with Crippen molar-refractivity contribution >= 4 is 10.9 Å². The molecular formula is C14H20N2. The highest BCUT2D eigenvalue weighted by atomic mass is 15.0. The van der Waals surface area contributed by atoms with Crippen molar-refractivity contribution in [2.24, 2.45) is 5.73 Å². The number of rotatable bonds is 2. The first-order valence-electron chi connectivity index (χ1n) is 5.83. The molecule has 2 heteroatoms. The largest absolute Gasteiger partial charge is 0.343 e. The van der Waals surface area contributed by atoms with Crippen LogP contribution < -0.4 is 5.73 Å². The van der Waals surface area contributed by atoms with E-state index in [4.69, 9.17) is 5.73 Å². The third-order valence-electron chi connectivity index (χ3n) is 3.53. The minimum atomic E-state index is 0.692. The van der Waals surface area contributed by atoms with E-state index in [1.807, 2.05) is 0 Å². The normalized spacial score (nSPS) is 11.3. The average Bonchev–Trinajstić information content (AvgIpc) is 2.50. The zero-order valence-electron chi connectivity index (χ0n) is 10.6. The lowest BCUT2D eigenvalue weighted by Gasteiger charge is -2.08. The van der Waals surface area contributed by atoms with Gasteiger partial charge in [-0.05, 0) is 44.4 Å². The summed E-state index contributed by atoms with van der Waals surface area (Å²) in [6.07, 6.45) is 0. The smallest absolute Gasteiger partial charge is 0.0518 e. The van der Waals surface area contributed by atoms with E-state index in [-0.39, 0.29) is 0 Å². The van der Waals surface area contributed by atoms with Crippen LogP contribution in [0.4, 0.5) is 0 Å². The molecule has 0 saturated carbocycles. The van der Waals surface area contributed by atoms with Crippen LogP contribution >= 0.6 is 0 Å². The van der Waals surface area contributed by atoms with Crippen molar-refractivity contribution in [2.75, 3.05) is 6.54 Å². The maximum absolute atomic E-state index is 5.70. The van der Waals surface area contributed by atoms with Crippen molar-refractivity contribution in [3.63, 3.8) is 0 Å². The van der Waals surface area contributed by atoms with Crippen LogP contribution in [-0.2, 0) is 6.54 Å². The molecule has 0 amide bonds. The highest BCUT2D eigenvalue weighted by Crippen LogP contribution is 2.30. The Bertz CT molecular complexity index is 535. The number of nitrogens with two attached hydrogens (primary N) is 1. The Morgan fingerprint density at radius 3 is 2.31 bits per heavy atom. The van der Waals surface area contributed by atoms with Gasteiger partial charge in [0.1, 0.15) is 0 Å². The highest BCUT2D eigenvalue weighted by molar-refractivity contribution is 5.90. The quantitative estimate of drug-likeness (QED) is 0.822. The van der Waals surface area contributed by atoms with Crippen LogP contribution in [0.1, 0.15) is 22.4 Å². The van der Waals surface area contributed by atoms with Crippen molar-refractivity contribution in [3.8, 4) is 0 Å². The van der Waals surface area contributed by atoms with Gasteiger partial charge in [-0.1, -0.05) is 12.1 Å². The SMILES string of the molecule is Cc1ccc(C)c2c1c(C)c(C)n2CCN. The second-order valence-electron chi connectivity index (χ2n) is 4.57. The molecule has 0 unspecified atom stereocenters. The molecule has 2 rings (SSSR count). The molecular weight excluding hydrogens is 196 g/mol. The van der Waals surface area contributed by atoms with E-state index in [0.717, 1.165) is 6.54 Å². The van der Waals surface area contributed by atoms with Gasteiger partial charge >= 0.3 is 0 Å². The molecule has 86 valence electrons. The van der Waals surface area contributed by atoms with E-state index in [2.05, 4.69) is 44.4 Å². The second-order valence-corrected chi connectivity index (χ2v) is 4.57. The third-order valence-corrected chi connectivity index (χ3v) is 3.53. The molecule has 0 aliphatic rings. The molecule has 2 nitrogen and oxygen atoms in total. The van der Waals surface area contributed by atoms with E-state index in [9.17, 15) is 0 Å². The van der Waals surface area contributed by atoms with E-state index >= 15 is 0 Å². The van der Waals surface area contributed by atoms with Crippen molar-refractivity contribution in [1.82, 2.24) is 4.57 Å². The summed E-state index contributed by atoms with van der Waals surface area (Å²) in [5.41, 5.74) is 12.5. The lowest BCUT2D eigenvalue weighted by Crippen LogP contribution is -2.11. The van der Waals surface area contributed by atoms with Gasteiger partial charge in [-0.15, -0.1) is 0 Å². The van der Waals surface area contributed by atoms with Gasteiger partial charge in [-0.2, -0.15) is 0 Å². The van der Waals surface area contributed by atoms with Crippen LogP contribution in [0.2, 0.25) is 0 Å². The van der Waals surface area contributed by atoms with Crippen LogP contribution in [0.5, 0.6) is 0 Å². The Morgan fingerprint density at radius 2 is 1.69 bits per heavy atom. The first-order chi connectivity index (χ1) is 7.57. The number of hydrogen-bond donors (Lipinski definition) is 1. The molecule has 1 aromatic carbocycles. The Kier molecular flexibility index (Phi) is 2.76. The van der Waals surface area contributed by atoms with E-state index in [1.54, 1.807) is 0 Å². The minimum absolute atomic E-state index is 0.692. The average molecular weight is 216 g/mol. The monoisotopic (exact) mass is 216 g/mol. The molecule has 2 aromatic rings. The summed E-state index contributed by atoms with van der Waals surface area (Å²) < 4.78 is 2.35.